The Bertz CT molecular complexity index is 760. The number of likely N-dealkylation sites (tertiary alicyclic amines) is 1. The van der Waals surface area contributed by atoms with Gasteiger partial charge in [0, 0.05) is 37.8 Å². The number of nitrogens with one attached hydrogen (secondary N) is 1. The molecule has 3 rings (SSSR count). The lowest BCUT2D eigenvalue weighted by molar-refractivity contribution is -0.127. The fourth-order valence-electron chi connectivity index (χ4n) is 3.07. The highest BCUT2D eigenvalue weighted by atomic mass is 16.2. The Morgan fingerprint density at radius 3 is 2.85 bits per heavy atom. The molecule has 142 valence electrons. The van der Waals surface area contributed by atoms with Crippen LogP contribution >= 0.6 is 0 Å². The van der Waals surface area contributed by atoms with Crippen LogP contribution in [0.1, 0.15) is 24.5 Å². The summed E-state index contributed by atoms with van der Waals surface area (Å²) in [6.07, 6.45) is 10.8. The van der Waals surface area contributed by atoms with Gasteiger partial charge < -0.3 is 15.1 Å². The fraction of sp³-hybridized carbons (Fsp3) is 0.400. The number of carbonyl (C=O) groups excluding carboxylic acids is 1. The number of aromatic nitrogens is 3. The van der Waals surface area contributed by atoms with E-state index in [1.54, 1.807) is 24.7 Å². The highest BCUT2D eigenvalue weighted by Gasteiger charge is 2.24. The number of rotatable bonds is 6. The minimum Gasteiger partial charge on any atom is -0.339 e. The highest BCUT2D eigenvalue weighted by Crippen LogP contribution is 2.25. The third-order valence-corrected chi connectivity index (χ3v) is 4.48. The summed E-state index contributed by atoms with van der Waals surface area (Å²) in [7, 11) is 3.97. The van der Waals surface area contributed by atoms with Gasteiger partial charge in [0.1, 0.15) is 11.6 Å². The average molecular weight is 366 g/mol. The van der Waals surface area contributed by atoms with Crippen molar-refractivity contribution in [1.29, 1.82) is 0 Å². The smallest absolute Gasteiger partial charge is 0.246 e. The van der Waals surface area contributed by atoms with Crippen molar-refractivity contribution in [2.24, 2.45) is 0 Å². The molecule has 0 spiro atoms. The maximum atomic E-state index is 12.4. The number of pyridine rings is 1. The van der Waals surface area contributed by atoms with Gasteiger partial charge in [-0.3, -0.25) is 9.78 Å². The molecule has 0 bridgehead atoms. The van der Waals surface area contributed by atoms with Crippen LogP contribution in [0, 0.1) is 0 Å². The molecule has 1 atom stereocenters. The van der Waals surface area contributed by atoms with Crippen LogP contribution in [0.5, 0.6) is 0 Å². The number of likely N-dealkylation sites (N-methyl/N-ethyl adjacent to an activating group) is 1. The Morgan fingerprint density at radius 1 is 1.26 bits per heavy atom. The van der Waals surface area contributed by atoms with Crippen LogP contribution in [0.15, 0.2) is 48.9 Å². The molecule has 0 unspecified atom stereocenters. The van der Waals surface area contributed by atoms with E-state index in [1.165, 1.54) is 0 Å². The lowest BCUT2D eigenvalue weighted by Crippen LogP contribution is -2.38. The molecule has 27 heavy (non-hydrogen) atoms. The second kappa shape index (κ2) is 9.23. The van der Waals surface area contributed by atoms with Gasteiger partial charge >= 0.3 is 0 Å². The normalized spacial score (nSPS) is 17.4. The number of amides is 1. The Labute approximate surface area is 160 Å². The summed E-state index contributed by atoms with van der Waals surface area (Å²) in [4.78, 5) is 29.5. The van der Waals surface area contributed by atoms with Crippen LogP contribution in [-0.2, 0) is 4.79 Å². The van der Waals surface area contributed by atoms with Crippen molar-refractivity contribution in [2.75, 3.05) is 39.0 Å². The summed E-state index contributed by atoms with van der Waals surface area (Å²) in [5.41, 5.74) is 0.927. The monoisotopic (exact) mass is 366 g/mol. The molecular weight excluding hydrogens is 340 g/mol. The zero-order valence-corrected chi connectivity index (χ0v) is 15.9. The van der Waals surface area contributed by atoms with Crippen LogP contribution in [0.3, 0.4) is 0 Å². The van der Waals surface area contributed by atoms with Crippen LogP contribution in [0.2, 0.25) is 0 Å². The van der Waals surface area contributed by atoms with Crippen LogP contribution in [-0.4, -0.2) is 64.4 Å². The molecule has 0 saturated carbocycles. The number of hydrogen-bond donors (Lipinski definition) is 1. The van der Waals surface area contributed by atoms with Crippen molar-refractivity contribution < 1.29 is 4.79 Å². The van der Waals surface area contributed by atoms with Gasteiger partial charge in [-0.2, -0.15) is 0 Å². The zero-order valence-electron chi connectivity index (χ0n) is 15.9. The molecule has 0 aromatic carbocycles. The second-order valence-electron chi connectivity index (χ2n) is 6.95. The van der Waals surface area contributed by atoms with E-state index in [9.17, 15) is 4.79 Å². The van der Waals surface area contributed by atoms with Crippen molar-refractivity contribution >= 4 is 17.5 Å². The van der Waals surface area contributed by atoms with Crippen LogP contribution < -0.4 is 5.32 Å². The van der Waals surface area contributed by atoms with E-state index in [4.69, 9.17) is 0 Å². The summed E-state index contributed by atoms with van der Waals surface area (Å²) in [5, 5.41) is 3.13. The summed E-state index contributed by atoms with van der Waals surface area (Å²) in [5.74, 6) is 1.69. The Kier molecular flexibility index (Phi) is 6.49. The van der Waals surface area contributed by atoms with Gasteiger partial charge in [0.25, 0.3) is 0 Å². The Morgan fingerprint density at radius 2 is 2.15 bits per heavy atom. The average Bonchev–Trinajstić information content (AvgIpc) is 2.69. The topological polar surface area (TPSA) is 74.2 Å². The predicted molar refractivity (Wildman–Crippen MR) is 106 cm³/mol. The van der Waals surface area contributed by atoms with E-state index in [0.29, 0.717) is 12.4 Å². The molecule has 2 aromatic rings. The number of carbonyl (C=O) groups is 1. The number of hydrogen-bond acceptors (Lipinski definition) is 6. The molecule has 1 amide bonds. The summed E-state index contributed by atoms with van der Waals surface area (Å²) < 4.78 is 0. The van der Waals surface area contributed by atoms with E-state index in [2.05, 4.69) is 20.3 Å². The first kappa shape index (κ1) is 19.0. The lowest BCUT2D eigenvalue weighted by atomic mass is 9.95. The zero-order chi connectivity index (χ0) is 19.1. The van der Waals surface area contributed by atoms with Gasteiger partial charge in [-0.25, -0.2) is 9.97 Å². The van der Waals surface area contributed by atoms with E-state index >= 15 is 0 Å². The molecule has 1 saturated heterocycles. The first-order valence-corrected chi connectivity index (χ1v) is 9.22. The van der Waals surface area contributed by atoms with Crippen molar-refractivity contribution in [3.05, 3.63) is 54.6 Å². The minimum absolute atomic E-state index is 0.0722. The van der Waals surface area contributed by atoms with Crippen LogP contribution in [0.25, 0.3) is 0 Å². The van der Waals surface area contributed by atoms with E-state index in [-0.39, 0.29) is 11.8 Å². The van der Waals surface area contributed by atoms with E-state index < -0.39 is 0 Å². The molecule has 1 N–H and O–H groups in total. The van der Waals surface area contributed by atoms with Crippen molar-refractivity contribution in [1.82, 2.24) is 24.8 Å². The molecule has 7 nitrogen and oxygen atoms in total. The second-order valence-corrected chi connectivity index (χ2v) is 6.95. The van der Waals surface area contributed by atoms with Crippen molar-refractivity contribution in [3.8, 4) is 0 Å². The summed E-state index contributed by atoms with van der Waals surface area (Å²) >= 11 is 0. The first-order chi connectivity index (χ1) is 13.1. The number of anilines is 2. The minimum atomic E-state index is 0.0722. The van der Waals surface area contributed by atoms with E-state index in [1.807, 2.05) is 48.2 Å². The molecule has 3 heterocycles. The number of nitrogens with zero attached hydrogens (tertiary/aromatic N) is 5. The lowest BCUT2D eigenvalue weighted by Gasteiger charge is -2.31. The standard InChI is InChI=1S/C20H26N6O/c1-25(2)11-6-9-20(27)26-12-5-7-16(15-26)17-13-23-19(14-22-17)24-18-8-3-4-10-21-18/h3-4,6,8-10,13-14,16H,5,7,11-12,15H2,1-2H3,(H,21,23,24)/b9-6+/t16-/m0/s1. The van der Waals surface area contributed by atoms with Gasteiger partial charge in [0.05, 0.1) is 18.1 Å². The van der Waals surface area contributed by atoms with Crippen molar-refractivity contribution in [3.63, 3.8) is 0 Å². The third kappa shape index (κ3) is 5.59. The maximum absolute atomic E-state index is 12.4. The molecule has 1 fully saturated rings. The molecular formula is C20H26N6O. The Balaban J connectivity index is 1.59. The van der Waals surface area contributed by atoms with Crippen molar-refractivity contribution in [2.45, 2.75) is 18.8 Å². The third-order valence-electron chi connectivity index (χ3n) is 4.48. The fourth-order valence-corrected chi connectivity index (χ4v) is 3.07. The summed E-state index contributed by atoms with van der Waals surface area (Å²) in [6, 6.07) is 5.66. The predicted octanol–water partition coefficient (Wildman–Crippen LogP) is 2.44. The Hall–Kier alpha value is -2.80. The number of piperidine rings is 1. The summed E-state index contributed by atoms with van der Waals surface area (Å²) in [6.45, 7) is 2.25. The maximum Gasteiger partial charge on any atom is 0.246 e. The molecule has 2 aromatic heterocycles. The first-order valence-electron chi connectivity index (χ1n) is 9.22. The van der Waals surface area contributed by atoms with E-state index in [0.717, 1.165) is 37.4 Å². The molecule has 1 aliphatic heterocycles. The van der Waals surface area contributed by atoms with Gasteiger partial charge in [-0.1, -0.05) is 12.1 Å². The quantitative estimate of drug-likeness (QED) is 0.792. The molecule has 0 aliphatic carbocycles. The van der Waals surface area contributed by atoms with Crippen LogP contribution in [0.4, 0.5) is 11.6 Å². The van der Waals surface area contributed by atoms with Gasteiger partial charge in [-0.05, 0) is 39.1 Å². The highest BCUT2D eigenvalue weighted by molar-refractivity contribution is 5.87. The molecule has 1 aliphatic rings. The molecule has 7 heteroatoms. The SMILES string of the molecule is CN(C)C/C=C/C(=O)N1CCC[C@H](c2cnc(Nc3ccccn3)cn2)C1. The van der Waals surface area contributed by atoms with Gasteiger partial charge in [0.2, 0.25) is 5.91 Å². The van der Waals surface area contributed by atoms with Gasteiger partial charge in [0.15, 0.2) is 0 Å². The van der Waals surface area contributed by atoms with Gasteiger partial charge in [-0.15, -0.1) is 0 Å². The largest absolute Gasteiger partial charge is 0.339 e. The molecule has 0 radical (unpaired) electrons.